The maximum absolute atomic E-state index is 14.6. The topological polar surface area (TPSA) is 26.3 Å². The van der Waals surface area contributed by atoms with Crippen LogP contribution in [0.25, 0.3) is 5.57 Å². The smallest absolute Gasteiger partial charge is 0.178 e. The zero-order valence-corrected chi connectivity index (χ0v) is 16.1. The van der Waals surface area contributed by atoms with Crippen molar-refractivity contribution in [3.63, 3.8) is 0 Å². The molecule has 1 heterocycles. The molecule has 3 aromatic carbocycles. The van der Waals surface area contributed by atoms with E-state index < -0.39 is 7.14 Å². The average molecular weight is 360 g/mol. The van der Waals surface area contributed by atoms with Crippen molar-refractivity contribution in [2.24, 2.45) is 0 Å². The molecule has 3 heteroatoms. The van der Waals surface area contributed by atoms with Gasteiger partial charge in [0.25, 0.3) is 0 Å². The Bertz CT molecular complexity index is 1020. The lowest BCUT2D eigenvalue weighted by Crippen LogP contribution is -2.31. The van der Waals surface area contributed by atoms with Gasteiger partial charge in [-0.15, -0.1) is 0 Å². The number of ether oxygens (including phenoxy) is 1. The zero-order chi connectivity index (χ0) is 18.5. The van der Waals surface area contributed by atoms with Crippen molar-refractivity contribution in [2.75, 3.05) is 0 Å². The van der Waals surface area contributed by atoms with Gasteiger partial charge in [-0.3, -0.25) is 0 Å². The first kappa shape index (κ1) is 16.9. The van der Waals surface area contributed by atoms with Crippen LogP contribution in [0.3, 0.4) is 0 Å². The minimum atomic E-state index is -3.00. The molecule has 4 rings (SSSR count). The molecule has 0 aromatic heterocycles. The highest BCUT2D eigenvalue weighted by molar-refractivity contribution is 7.85. The molecule has 2 nitrogen and oxygen atoms in total. The summed E-state index contributed by atoms with van der Waals surface area (Å²) in [6, 6.07) is 19.7. The minimum absolute atomic E-state index is 0.680. The lowest BCUT2D eigenvalue weighted by Gasteiger charge is -2.29. The Hall–Kier alpha value is -2.57. The standard InChI is InChI=1S/C23H21O2P/c1-15(2)18-7-9-19(10-8-18)26(24)22-13-16(3)5-11-20(22)25-21-12-6-17(4)14-23(21)26/h5-14H,1H2,2-4H3. The third-order valence-corrected chi connectivity index (χ3v) is 7.93. The second-order valence-electron chi connectivity index (χ2n) is 6.98. The van der Waals surface area contributed by atoms with Gasteiger partial charge in [-0.05, 0) is 50.6 Å². The van der Waals surface area contributed by atoms with Gasteiger partial charge >= 0.3 is 0 Å². The third-order valence-electron chi connectivity index (χ3n) is 4.85. The van der Waals surface area contributed by atoms with E-state index >= 15 is 0 Å². The molecule has 0 fully saturated rings. The van der Waals surface area contributed by atoms with Gasteiger partial charge in [-0.25, -0.2) is 0 Å². The molecule has 26 heavy (non-hydrogen) atoms. The van der Waals surface area contributed by atoms with Gasteiger partial charge in [0.05, 0.1) is 10.6 Å². The molecule has 0 radical (unpaired) electrons. The normalized spacial score (nSPS) is 14.1. The van der Waals surface area contributed by atoms with Crippen LogP contribution in [0.2, 0.25) is 0 Å². The zero-order valence-electron chi connectivity index (χ0n) is 15.2. The Morgan fingerprint density at radius 1 is 0.846 bits per heavy atom. The highest BCUT2D eigenvalue weighted by Gasteiger charge is 2.39. The third kappa shape index (κ3) is 2.53. The van der Waals surface area contributed by atoms with E-state index in [4.69, 9.17) is 4.74 Å². The molecule has 0 saturated carbocycles. The molecule has 0 aliphatic carbocycles. The van der Waals surface area contributed by atoms with Crippen molar-refractivity contribution in [1.82, 2.24) is 0 Å². The summed E-state index contributed by atoms with van der Waals surface area (Å²) in [6.45, 7) is 9.99. The summed E-state index contributed by atoms with van der Waals surface area (Å²) in [7, 11) is -3.00. The van der Waals surface area contributed by atoms with E-state index in [2.05, 4.69) is 6.58 Å². The maximum Gasteiger partial charge on any atom is 0.178 e. The fraction of sp³-hybridized carbons (Fsp3) is 0.130. The van der Waals surface area contributed by atoms with E-state index in [1.807, 2.05) is 81.4 Å². The van der Waals surface area contributed by atoms with Crippen LogP contribution in [0.15, 0.2) is 67.2 Å². The molecule has 0 amide bonds. The molecule has 130 valence electrons. The van der Waals surface area contributed by atoms with Gasteiger partial charge < -0.3 is 9.30 Å². The molecule has 3 aromatic rings. The van der Waals surface area contributed by atoms with E-state index in [-0.39, 0.29) is 0 Å². The Kier molecular flexibility index (Phi) is 3.89. The maximum atomic E-state index is 14.6. The number of hydrogen-bond donors (Lipinski definition) is 0. The molecule has 0 bridgehead atoms. The summed E-state index contributed by atoms with van der Waals surface area (Å²) in [5.74, 6) is 1.36. The van der Waals surface area contributed by atoms with E-state index in [0.717, 1.165) is 38.2 Å². The number of allylic oxidation sites excluding steroid dienone is 1. The second kappa shape index (κ2) is 6.00. The Labute approximate surface area is 154 Å². The van der Waals surface area contributed by atoms with Crippen molar-refractivity contribution >= 4 is 28.6 Å². The van der Waals surface area contributed by atoms with Gasteiger partial charge in [0.2, 0.25) is 0 Å². The molecular formula is C23H21O2P. The average Bonchev–Trinajstić information content (AvgIpc) is 2.63. The van der Waals surface area contributed by atoms with Crippen LogP contribution >= 0.6 is 7.14 Å². The summed E-state index contributed by atoms with van der Waals surface area (Å²) in [6.07, 6.45) is 0. The van der Waals surface area contributed by atoms with Crippen LogP contribution < -0.4 is 20.7 Å². The monoisotopic (exact) mass is 360 g/mol. The molecule has 0 atom stereocenters. The molecule has 0 unspecified atom stereocenters. The Morgan fingerprint density at radius 3 is 1.81 bits per heavy atom. The van der Waals surface area contributed by atoms with Crippen molar-refractivity contribution < 1.29 is 9.30 Å². The number of benzene rings is 3. The molecule has 1 aliphatic heterocycles. The molecule has 0 N–H and O–H groups in total. The first-order chi connectivity index (χ1) is 12.4. The quantitative estimate of drug-likeness (QED) is 0.466. The largest absolute Gasteiger partial charge is 0.456 e. The highest BCUT2D eigenvalue weighted by atomic mass is 31.2. The van der Waals surface area contributed by atoms with E-state index in [9.17, 15) is 4.57 Å². The van der Waals surface area contributed by atoms with Crippen LogP contribution in [-0.2, 0) is 4.57 Å². The van der Waals surface area contributed by atoms with Gasteiger partial charge in [0.15, 0.2) is 7.14 Å². The second-order valence-corrected chi connectivity index (χ2v) is 9.68. The summed E-state index contributed by atoms with van der Waals surface area (Å²) in [5, 5.41) is 2.38. The van der Waals surface area contributed by atoms with Crippen LogP contribution in [0.1, 0.15) is 23.6 Å². The number of aryl methyl sites for hydroxylation is 2. The Morgan fingerprint density at radius 2 is 1.35 bits per heavy atom. The number of fused-ring (bicyclic) bond motifs is 2. The first-order valence-electron chi connectivity index (χ1n) is 8.66. The highest BCUT2D eigenvalue weighted by Crippen LogP contribution is 2.51. The predicted octanol–water partition coefficient (Wildman–Crippen LogP) is 5.08. The van der Waals surface area contributed by atoms with E-state index in [1.165, 1.54) is 0 Å². The van der Waals surface area contributed by atoms with E-state index in [0.29, 0.717) is 11.5 Å². The fourth-order valence-electron chi connectivity index (χ4n) is 3.40. The summed E-state index contributed by atoms with van der Waals surface area (Å²) in [4.78, 5) is 0. The van der Waals surface area contributed by atoms with Crippen LogP contribution in [0.5, 0.6) is 11.5 Å². The summed E-state index contributed by atoms with van der Waals surface area (Å²) >= 11 is 0. The predicted molar refractivity (Wildman–Crippen MR) is 110 cm³/mol. The number of rotatable bonds is 2. The van der Waals surface area contributed by atoms with Crippen LogP contribution in [0.4, 0.5) is 0 Å². The summed E-state index contributed by atoms with van der Waals surface area (Å²) < 4.78 is 20.6. The van der Waals surface area contributed by atoms with Gasteiger partial charge in [-0.2, -0.15) is 0 Å². The van der Waals surface area contributed by atoms with Gasteiger partial charge in [0, 0.05) is 5.30 Å². The van der Waals surface area contributed by atoms with E-state index in [1.54, 1.807) is 0 Å². The Balaban J connectivity index is 2.02. The number of hydrogen-bond acceptors (Lipinski definition) is 2. The fourth-order valence-corrected chi connectivity index (χ4v) is 6.42. The lowest BCUT2D eigenvalue weighted by atomic mass is 10.1. The van der Waals surface area contributed by atoms with Crippen molar-refractivity contribution in [1.29, 1.82) is 0 Å². The van der Waals surface area contributed by atoms with Crippen LogP contribution in [0, 0.1) is 13.8 Å². The molecular weight excluding hydrogens is 339 g/mol. The van der Waals surface area contributed by atoms with Crippen molar-refractivity contribution in [3.8, 4) is 11.5 Å². The van der Waals surface area contributed by atoms with Crippen LogP contribution in [-0.4, -0.2) is 0 Å². The minimum Gasteiger partial charge on any atom is -0.456 e. The molecule has 0 spiro atoms. The SMILES string of the molecule is C=C(C)c1ccc(P2(=O)c3cc(C)ccc3Oc3ccc(C)cc32)cc1. The van der Waals surface area contributed by atoms with Gasteiger partial charge in [-0.1, -0.05) is 59.7 Å². The molecule has 0 saturated heterocycles. The molecule has 1 aliphatic rings. The van der Waals surface area contributed by atoms with Crippen molar-refractivity contribution in [2.45, 2.75) is 20.8 Å². The lowest BCUT2D eigenvalue weighted by molar-refractivity contribution is 0.485. The van der Waals surface area contributed by atoms with Gasteiger partial charge in [0.1, 0.15) is 11.5 Å². The van der Waals surface area contributed by atoms with Crippen molar-refractivity contribution in [3.05, 3.63) is 83.9 Å². The summed E-state index contributed by atoms with van der Waals surface area (Å²) in [5.41, 5.74) is 4.20. The first-order valence-corrected chi connectivity index (χ1v) is 10.4.